The molecule has 0 amide bonds. The average Bonchev–Trinajstić information content (AvgIpc) is 2.65. The number of nitrogens with two attached hydrogens (primary N) is 1. The van der Waals surface area contributed by atoms with Gasteiger partial charge in [-0.15, -0.1) is 0 Å². The molecule has 4 heteroatoms. The van der Waals surface area contributed by atoms with Crippen LogP contribution in [-0.4, -0.2) is 34.6 Å². The van der Waals surface area contributed by atoms with E-state index in [0.717, 1.165) is 12.2 Å². The minimum Gasteiger partial charge on any atom is -0.329 e. The maximum Gasteiger partial charge on any atom is 0.0951 e. The highest BCUT2D eigenvalue weighted by Crippen LogP contribution is 2.26. The summed E-state index contributed by atoms with van der Waals surface area (Å²) in [5.74, 6) is 0. The topological polar surface area (TPSA) is 47.1 Å². The van der Waals surface area contributed by atoms with E-state index in [4.69, 9.17) is 5.73 Å². The molecule has 16 heavy (non-hydrogen) atoms. The molecule has 1 aromatic rings. The van der Waals surface area contributed by atoms with Crippen molar-refractivity contribution in [3.05, 3.63) is 18.2 Å². The van der Waals surface area contributed by atoms with E-state index >= 15 is 0 Å². The molecular weight excluding hydrogens is 200 g/mol. The Labute approximate surface area is 97.4 Å². The van der Waals surface area contributed by atoms with Gasteiger partial charge in [0.25, 0.3) is 0 Å². The third kappa shape index (κ3) is 2.28. The van der Waals surface area contributed by atoms with Crippen LogP contribution in [0.3, 0.4) is 0 Å². The number of hydrogen-bond acceptors (Lipinski definition) is 3. The van der Waals surface area contributed by atoms with Gasteiger partial charge >= 0.3 is 0 Å². The number of imidazole rings is 1. The fourth-order valence-corrected chi connectivity index (χ4v) is 2.46. The Kier molecular flexibility index (Phi) is 3.04. The first kappa shape index (κ1) is 11.6. The molecule has 0 saturated carbocycles. The van der Waals surface area contributed by atoms with Crippen LogP contribution in [-0.2, 0) is 5.54 Å². The number of nitrogens with zero attached hydrogens (tertiary/aromatic N) is 3. The van der Waals surface area contributed by atoms with Crippen molar-refractivity contribution < 1.29 is 0 Å². The van der Waals surface area contributed by atoms with Gasteiger partial charge in [-0.05, 0) is 40.3 Å². The molecule has 1 atom stereocenters. The highest BCUT2D eigenvalue weighted by Gasteiger charge is 2.25. The zero-order chi connectivity index (χ0) is 11.8. The molecule has 4 nitrogen and oxygen atoms in total. The molecule has 0 aliphatic carbocycles. The number of rotatable bonds is 2. The Bertz CT molecular complexity index is 350. The van der Waals surface area contributed by atoms with E-state index in [2.05, 4.69) is 21.5 Å². The molecule has 1 aliphatic heterocycles. The highest BCUT2D eigenvalue weighted by atomic mass is 15.2. The molecule has 2 rings (SSSR count). The molecule has 2 N–H and O–H groups in total. The van der Waals surface area contributed by atoms with Crippen LogP contribution >= 0.6 is 0 Å². The summed E-state index contributed by atoms with van der Waals surface area (Å²) in [6, 6.07) is 0.527. The van der Waals surface area contributed by atoms with Crippen LogP contribution in [0.5, 0.6) is 0 Å². The largest absolute Gasteiger partial charge is 0.329 e. The van der Waals surface area contributed by atoms with Crippen LogP contribution in [0.1, 0.15) is 38.4 Å². The Balaban J connectivity index is 2.23. The van der Waals surface area contributed by atoms with E-state index < -0.39 is 0 Å². The van der Waals surface area contributed by atoms with Crippen molar-refractivity contribution in [1.29, 1.82) is 0 Å². The maximum atomic E-state index is 6.17. The molecule has 0 spiro atoms. The van der Waals surface area contributed by atoms with Gasteiger partial charge < -0.3 is 15.2 Å². The lowest BCUT2D eigenvalue weighted by molar-refractivity contribution is 0.206. The summed E-state index contributed by atoms with van der Waals surface area (Å²) in [7, 11) is 2.18. The lowest BCUT2D eigenvalue weighted by atomic mass is 10.0. The van der Waals surface area contributed by atoms with Gasteiger partial charge in [-0.2, -0.15) is 0 Å². The minimum atomic E-state index is -0.313. The monoisotopic (exact) mass is 222 g/mol. The van der Waals surface area contributed by atoms with Crippen LogP contribution < -0.4 is 5.73 Å². The van der Waals surface area contributed by atoms with Crippen molar-refractivity contribution in [2.24, 2.45) is 5.73 Å². The standard InChI is InChI=1S/C12H22N4/c1-12(2,13)11-7-14-9-16(11)10-5-4-6-15(3)8-10/h7,9-10H,4-6,8,13H2,1-3H3. The lowest BCUT2D eigenvalue weighted by Crippen LogP contribution is -2.37. The SMILES string of the molecule is CN1CCCC(n2cncc2C(C)(C)N)C1. The molecule has 0 aromatic carbocycles. The van der Waals surface area contributed by atoms with Gasteiger partial charge in [0.2, 0.25) is 0 Å². The van der Waals surface area contributed by atoms with Gasteiger partial charge in [0, 0.05) is 18.8 Å². The van der Waals surface area contributed by atoms with Gasteiger partial charge in [0.05, 0.1) is 17.6 Å². The molecule has 1 saturated heterocycles. The first-order chi connectivity index (χ1) is 7.48. The number of likely N-dealkylation sites (tertiary alicyclic amines) is 1. The Morgan fingerprint density at radius 1 is 1.50 bits per heavy atom. The minimum absolute atomic E-state index is 0.313. The second-order valence-corrected chi connectivity index (χ2v) is 5.47. The second kappa shape index (κ2) is 4.18. The summed E-state index contributed by atoms with van der Waals surface area (Å²) in [6.07, 6.45) is 6.30. The summed E-state index contributed by atoms with van der Waals surface area (Å²) >= 11 is 0. The second-order valence-electron chi connectivity index (χ2n) is 5.47. The van der Waals surface area contributed by atoms with Crippen LogP contribution in [0.4, 0.5) is 0 Å². The number of piperidine rings is 1. The van der Waals surface area contributed by atoms with Gasteiger partial charge in [0.1, 0.15) is 0 Å². The molecule has 0 radical (unpaired) electrons. The zero-order valence-electron chi connectivity index (χ0n) is 10.5. The quantitative estimate of drug-likeness (QED) is 0.821. The molecule has 1 unspecified atom stereocenters. The van der Waals surface area contributed by atoms with Crippen LogP contribution in [0.15, 0.2) is 12.5 Å². The third-order valence-corrected chi connectivity index (χ3v) is 3.32. The maximum absolute atomic E-state index is 6.17. The summed E-state index contributed by atoms with van der Waals surface area (Å²) in [5.41, 5.74) is 6.99. The van der Waals surface area contributed by atoms with Crippen molar-refractivity contribution in [2.75, 3.05) is 20.1 Å². The van der Waals surface area contributed by atoms with Crippen LogP contribution in [0.25, 0.3) is 0 Å². The van der Waals surface area contributed by atoms with Gasteiger partial charge in [0.15, 0.2) is 0 Å². The molecule has 90 valence electrons. The van der Waals surface area contributed by atoms with Gasteiger partial charge in [-0.3, -0.25) is 0 Å². The van der Waals surface area contributed by atoms with E-state index in [1.54, 1.807) is 0 Å². The first-order valence-corrected chi connectivity index (χ1v) is 5.98. The van der Waals surface area contributed by atoms with Crippen molar-refractivity contribution in [2.45, 2.75) is 38.3 Å². The lowest BCUT2D eigenvalue weighted by Gasteiger charge is -2.33. The van der Waals surface area contributed by atoms with Gasteiger partial charge in [-0.1, -0.05) is 0 Å². The van der Waals surface area contributed by atoms with E-state index in [1.165, 1.54) is 19.4 Å². The van der Waals surface area contributed by atoms with E-state index in [-0.39, 0.29) is 5.54 Å². The third-order valence-electron chi connectivity index (χ3n) is 3.32. The van der Waals surface area contributed by atoms with E-state index in [0.29, 0.717) is 6.04 Å². The Morgan fingerprint density at radius 3 is 2.88 bits per heavy atom. The molecule has 1 fully saturated rings. The fraction of sp³-hybridized carbons (Fsp3) is 0.750. The fourth-order valence-electron chi connectivity index (χ4n) is 2.46. The normalized spacial score (nSPS) is 23.6. The number of hydrogen-bond donors (Lipinski definition) is 1. The van der Waals surface area contributed by atoms with E-state index in [1.807, 2.05) is 26.4 Å². The summed E-state index contributed by atoms with van der Waals surface area (Å²) in [4.78, 5) is 6.63. The van der Waals surface area contributed by atoms with Crippen molar-refractivity contribution >= 4 is 0 Å². The molecule has 2 heterocycles. The zero-order valence-corrected chi connectivity index (χ0v) is 10.5. The van der Waals surface area contributed by atoms with Crippen molar-refractivity contribution in [3.63, 3.8) is 0 Å². The molecule has 1 aromatic heterocycles. The van der Waals surface area contributed by atoms with Crippen LogP contribution in [0.2, 0.25) is 0 Å². The Hall–Kier alpha value is -0.870. The Morgan fingerprint density at radius 2 is 2.25 bits per heavy atom. The number of likely N-dealkylation sites (N-methyl/N-ethyl adjacent to an activating group) is 1. The molecular formula is C12H22N4. The van der Waals surface area contributed by atoms with Crippen LogP contribution in [0, 0.1) is 0 Å². The average molecular weight is 222 g/mol. The van der Waals surface area contributed by atoms with Gasteiger partial charge in [-0.25, -0.2) is 4.98 Å². The summed E-state index contributed by atoms with van der Waals surface area (Å²) < 4.78 is 2.26. The number of aromatic nitrogens is 2. The predicted molar refractivity (Wildman–Crippen MR) is 65.2 cm³/mol. The first-order valence-electron chi connectivity index (χ1n) is 5.98. The molecule has 0 bridgehead atoms. The predicted octanol–water partition coefficient (Wildman–Crippen LogP) is 1.34. The van der Waals surface area contributed by atoms with E-state index in [9.17, 15) is 0 Å². The molecule has 1 aliphatic rings. The smallest absolute Gasteiger partial charge is 0.0951 e. The highest BCUT2D eigenvalue weighted by molar-refractivity contribution is 5.11. The summed E-state index contributed by atoms with van der Waals surface area (Å²) in [6.45, 7) is 6.37. The van der Waals surface area contributed by atoms with Crippen molar-refractivity contribution in [1.82, 2.24) is 14.5 Å². The van der Waals surface area contributed by atoms with Crippen molar-refractivity contribution in [3.8, 4) is 0 Å². The summed E-state index contributed by atoms with van der Waals surface area (Å²) in [5, 5.41) is 0.